The van der Waals surface area contributed by atoms with Crippen LogP contribution in [0, 0.1) is 0 Å². The Kier molecular flexibility index (Phi) is 3.47. The summed E-state index contributed by atoms with van der Waals surface area (Å²) in [5.74, 6) is 0. The van der Waals surface area contributed by atoms with Crippen LogP contribution in [0.15, 0.2) is 29.5 Å². The number of rotatable bonds is 6. The van der Waals surface area contributed by atoms with Gasteiger partial charge < -0.3 is 5.11 Å². The van der Waals surface area contributed by atoms with Crippen molar-refractivity contribution in [3.63, 3.8) is 0 Å². The highest BCUT2D eigenvalue weighted by Gasteiger charge is 2.32. The van der Waals surface area contributed by atoms with Gasteiger partial charge in [0.2, 0.25) is 0 Å². The summed E-state index contributed by atoms with van der Waals surface area (Å²) < 4.78 is 0. The molecule has 1 aliphatic carbocycles. The lowest BCUT2D eigenvalue weighted by Gasteiger charge is -2.29. The van der Waals surface area contributed by atoms with E-state index in [1.807, 2.05) is 6.92 Å². The molecule has 88 valence electrons. The largest absolute Gasteiger partial charge is 0.385 e. The molecule has 1 heterocycles. The minimum absolute atomic E-state index is 0.659. The smallest absolute Gasteiger partial charge is 0.0923 e. The first-order chi connectivity index (χ1) is 7.61. The summed E-state index contributed by atoms with van der Waals surface area (Å²) in [4.78, 5) is 2.36. The molecule has 1 aromatic rings. The van der Waals surface area contributed by atoms with Crippen LogP contribution >= 0.6 is 11.3 Å². The van der Waals surface area contributed by atoms with E-state index in [0.29, 0.717) is 12.6 Å². The van der Waals surface area contributed by atoms with E-state index in [0.717, 1.165) is 6.54 Å². The first-order valence-corrected chi connectivity index (χ1v) is 6.66. The first-order valence-electron chi connectivity index (χ1n) is 5.72. The van der Waals surface area contributed by atoms with Gasteiger partial charge in [0.05, 0.1) is 5.60 Å². The molecule has 2 rings (SSSR count). The van der Waals surface area contributed by atoms with Gasteiger partial charge in [-0.05, 0) is 42.2 Å². The second kappa shape index (κ2) is 4.70. The maximum atomic E-state index is 10.0. The van der Waals surface area contributed by atoms with Gasteiger partial charge in [0, 0.05) is 19.1 Å². The molecule has 0 amide bonds. The standard InChI is InChI=1S/C13H19NOS/c1-3-13(2,15)10-14(12-4-5-12)8-11-6-7-16-9-11/h3,6-7,9,12,15H,1,4-5,8,10H2,2H3. The van der Waals surface area contributed by atoms with Crippen LogP contribution in [0.5, 0.6) is 0 Å². The van der Waals surface area contributed by atoms with E-state index in [2.05, 4.69) is 28.3 Å². The lowest BCUT2D eigenvalue weighted by molar-refractivity contribution is 0.0553. The van der Waals surface area contributed by atoms with Crippen LogP contribution in [-0.4, -0.2) is 28.2 Å². The van der Waals surface area contributed by atoms with Crippen molar-refractivity contribution in [2.45, 2.75) is 38.0 Å². The fraction of sp³-hybridized carbons (Fsp3) is 0.538. The minimum atomic E-state index is -0.779. The topological polar surface area (TPSA) is 23.5 Å². The summed E-state index contributed by atoms with van der Waals surface area (Å²) in [6, 6.07) is 2.81. The van der Waals surface area contributed by atoms with Crippen molar-refractivity contribution < 1.29 is 5.11 Å². The third-order valence-electron chi connectivity index (χ3n) is 2.99. The Morgan fingerprint density at radius 1 is 1.69 bits per heavy atom. The van der Waals surface area contributed by atoms with Crippen molar-refractivity contribution >= 4 is 11.3 Å². The van der Waals surface area contributed by atoms with E-state index >= 15 is 0 Å². The molecule has 0 aromatic carbocycles. The fourth-order valence-electron chi connectivity index (χ4n) is 1.85. The Morgan fingerprint density at radius 3 is 2.94 bits per heavy atom. The molecule has 16 heavy (non-hydrogen) atoms. The third-order valence-corrected chi connectivity index (χ3v) is 3.72. The predicted molar refractivity (Wildman–Crippen MR) is 68.6 cm³/mol. The zero-order chi connectivity index (χ0) is 11.6. The van der Waals surface area contributed by atoms with E-state index in [-0.39, 0.29) is 0 Å². The number of thiophene rings is 1. The maximum absolute atomic E-state index is 10.0. The van der Waals surface area contributed by atoms with Crippen LogP contribution in [0.1, 0.15) is 25.3 Å². The summed E-state index contributed by atoms with van der Waals surface area (Å²) >= 11 is 1.73. The molecule has 1 saturated carbocycles. The lowest BCUT2D eigenvalue weighted by Crippen LogP contribution is -2.40. The average molecular weight is 237 g/mol. The molecule has 3 heteroatoms. The van der Waals surface area contributed by atoms with Gasteiger partial charge in [-0.2, -0.15) is 11.3 Å². The fourth-order valence-corrected chi connectivity index (χ4v) is 2.51. The Morgan fingerprint density at radius 2 is 2.44 bits per heavy atom. The average Bonchev–Trinajstić information content (AvgIpc) is 2.97. The molecular weight excluding hydrogens is 218 g/mol. The van der Waals surface area contributed by atoms with Gasteiger partial charge in [-0.25, -0.2) is 0 Å². The van der Waals surface area contributed by atoms with Crippen molar-refractivity contribution in [1.82, 2.24) is 4.90 Å². The van der Waals surface area contributed by atoms with Crippen LogP contribution in [-0.2, 0) is 6.54 Å². The van der Waals surface area contributed by atoms with Gasteiger partial charge in [0.1, 0.15) is 0 Å². The minimum Gasteiger partial charge on any atom is -0.385 e. The Labute approximate surface area is 101 Å². The highest BCUT2D eigenvalue weighted by molar-refractivity contribution is 7.07. The van der Waals surface area contributed by atoms with Crippen molar-refractivity contribution in [3.8, 4) is 0 Å². The summed E-state index contributed by atoms with van der Waals surface area (Å²) in [6.07, 6.45) is 4.16. The normalized spacial score (nSPS) is 19.7. The molecule has 0 spiro atoms. The van der Waals surface area contributed by atoms with Crippen molar-refractivity contribution in [2.24, 2.45) is 0 Å². The third kappa shape index (κ3) is 3.17. The van der Waals surface area contributed by atoms with Crippen molar-refractivity contribution in [1.29, 1.82) is 0 Å². The summed E-state index contributed by atoms with van der Waals surface area (Å²) in [5, 5.41) is 14.3. The summed E-state index contributed by atoms with van der Waals surface area (Å²) in [5.41, 5.74) is 0.565. The molecule has 1 aromatic heterocycles. The molecular formula is C13H19NOS. The van der Waals surface area contributed by atoms with Gasteiger partial charge in [0.15, 0.2) is 0 Å². The molecule has 1 aliphatic rings. The highest BCUT2D eigenvalue weighted by atomic mass is 32.1. The van der Waals surface area contributed by atoms with Crippen LogP contribution < -0.4 is 0 Å². The zero-order valence-corrected chi connectivity index (χ0v) is 10.5. The zero-order valence-electron chi connectivity index (χ0n) is 9.72. The van der Waals surface area contributed by atoms with E-state index in [4.69, 9.17) is 0 Å². The SMILES string of the molecule is C=CC(C)(O)CN(Cc1ccsc1)C1CC1. The molecule has 0 bridgehead atoms. The van der Waals surface area contributed by atoms with Crippen LogP contribution in [0.25, 0.3) is 0 Å². The highest BCUT2D eigenvalue weighted by Crippen LogP contribution is 2.30. The molecule has 2 nitrogen and oxygen atoms in total. The molecule has 1 fully saturated rings. The second-order valence-electron chi connectivity index (χ2n) is 4.83. The van der Waals surface area contributed by atoms with Gasteiger partial charge in [-0.15, -0.1) is 6.58 Å². The van der Waals surface area contributed by atoms with E-state index in [9.17, 15) is 5.11 Å². The Balaban J connectivity index is 1.98. The lowest BCUT2D eigenvalue weighted by atomic mass is 10.1. The number of nitrogens with zero attached hydrogens (tertiary/aromatic N) is 1. The maximum Gasteiger partial charge on any atom is 0.0923 e. The molecule has 0 saturated heterocycles. The van der Waals surface area contributed by atoms with Crippen LogP contribution in [0.4, 0.5) is 0 Å². The van der Waals surface area contributed by atoms with E-state index in [1.165, 1.54) is 18.4 Å². The summed E-state index contributed by atoms with van der Waals surface area (Å²) in [6.45, 7) is 7.13. The number of aliphatic hydroxyl groups is 1. The Bertz CT molecular complexity index is 341. The van der Waals surface area contributed by atoms with Gasteiger partial charge in [-0.3, -0.25) is 4.90 Å². The molecule has 0 aliphatic heterocycles. The predicted octanol–water partition coefficient (Wildman–Crippen LogP) is 2.65. The van der Waals surface area contributed by atoms with Crippen molar-refractivity contribution in [2.75, 3.05) is 6.54 Å². The van der Waals surface area contributed by atoms with Gasteiger partial charge >= 0.3 is 0 Å². The van der Waals surface area contributed by atoms with Crippen LogP contribution in [0.3, 0.4) is 0 Å². The quantitative estimate of drug-likeness (QED) is 0.769. The van der Waals surface area contributed by atoms with Gasteiger partial charge in [-0.1, -0.05) is 6.08 Å². The monoisotopic (exact) mass is 237 g/mol. The molecule has 1 N–H and O–H groups in total. The van der Waals surface area contributed by atoms with Crippen LogP contribution in [0.2, 0.25) is 0 Å². The van der Waals surface area contributed by atoms with E-state index < -0.39 is 5.60 Å². The molecule has 1 unspecified atom stereocenters. The van der Waals surface area contributed by atoms with Crippen molar-refractivity contribution in [3.05, 3.63) is 35.0 Å². The van der Waals surface area contributed by atoms with E-state index in [1.54, 1.807) is 17.4 Å². The number of hydrogen-bond donors (Lipinski definition) is 1. The van der Waals surface area contributed by atoms with Gasteiger partial charge in [0.25, 0.3) is 0 Å². The molecule has 1 atom stereocenters. The molecule has 0 radical (unpaired) electrons. The number of hydrogen-bond acceptors (Lipinski definition) is 3. The Hall–Kier alpha value is -0.640. The first kappa shape index (κ1) is 11.8. The summed E-state index contributed by atoms with van der Waals surface area (Å²) in [7, 11) is 0. The second-order valence-corrected chi connectivity index (χ2v) is 5.61.